The van der Waals surface area contributed by atoms with Crippen LogP contribution in [-0.4, -0.2) is 29.2 Å². The lowest BCUT2D eigenvalue weighted by Crippen LogP contribution is -2.37. The van der Waals surface area contributed by atoms with Crippen molar-refractivity contribution in [3.8, 4) is 0 Å². The topological polar surface area (TPSA) is 41.9 Å². The van der Waals surface area contributed by atoms with Crippen LogP contribution in [0.25, 0.3) is 0 Å². The molecule has 1 amide bonds. The number of nitrogens with zero attached hydrogens (tertiary/aromatic N) is 2. The lowest BCUT2D eigenvalue weighted by atomic mass is 10.0. The molecule has 158 valence electrons. The molecule has 3 aromatic carbocycles. The standard InChI is InChI=1S/C24H19Cl2FN2O2/c25-21-10-3-1-6-17(21)14-29(24(30)16-7-5-8-18(27)12-16)15-19-13-23(28-31-19)20-9-2-4-11-22(20)26/h1-12,19H,13-15H2. The molecule has 31 heavy (non-hydrogen) atoms. The Hall–Kier alpha value is -2.89. The molecule has 1 aliphatic heterocycles. The molecule has 0 N–H and O–H groups in total. The van der Waals surface area contributed by atoms with E-state index in [4.69, 9.17) is 28.0 Å². The van der Waals surface area contributed by atoms with Crippen molar-refractivity contribution in [1.82, 2.24) is 4.90 Å². The van der Waals surface area contributed by atoms with E-state index in [2.05, 4.69) is 5.16 Å². The number of halogens is 3. The summed E-state index contributed by atoms with van der Waals surface area (Å²) in [6, 6.07) is 20.4. The highest BCUT2D eigenvalue weighted by atomic mass is 35.5. The normalized spacial score (nSPS) is 15.3. The summed E-state index contributed by atoms with van der Waals surface area (Å²) in [6.45, 7) is 0.522. The van der Waals surface area contributed by atoms with Gasteiger partial charge in [0, 0.05) is 34.1 Å². The van der Waals surface area contributed by atoms with Crippen molar-refractivity contribution < 1.29 is 14.0 Å². The molecule has 0 radical (unpaired) electrons. The van der Waals surface area contributed by atoms with E-state index >= 15 is 0 Å². The van der Waals surface area contributed by atoms with E-state index in [0.717, 1.165) is 16.8 Å². The van der Waals surface area contributed by atoms with Crippen LogP contribution in [0.1, 0.15) is 27.9 Å². The number of amides is 1. The minimum absolute atomic E-state index is 0.260. The molecular weight excluding hydrogens is 438 g/mol. The first-order chi connectivity index (χ1) is 15.0. The van der Waals surface area contributed by atoms with Gasteiger partial charge < -0.3 is 9.74 Å². The molecule has 0 spiro atoms. The largest absolute Gasteiger partial charge is 0.390 e. The number of rotatable bonds is 6. The second kappa shape index (κ2) is 9.50. The van der Waals surface area contributed by atoms with E-state index in [-0.39, 0.29) is 30.7 Å². The summed E-state index contributed by atoms with van der Waals surface area (Å²) in [7, 11) is 0. The Morgan fingerprint density at radius 1 is 1.03 bits per heavy atom. The molecule has 1 aliphatic rings. The molecule has 0 bridgehead atoms. The zero-order valence-electron chi connectivity index (χ0n) is 16.5. The molecule has 0 saturated carbocycles. The van der Waals surface area contributed by atoms with Gasteiger partial charge >= 0.3 is 0 Å². The minimum atomic E-state index is -0.468. The third kappa shape index (κ3) is 5.06. The predicted octanol–water partition coefficient (Wildman–Crippen LogP) is 5.97. The molecule has 7 heteroatoms. The third-order valence-corrected chi connectivity index (χ3v) is 5.72. The Morgan fingerprint density at radius 2 is 1.77 bits per heavy atom. The minimum Gasteiger partial charge on any atom is -0.390 e. The molecular formula is C24H19Cl2FN2O2. The molecule has 0 saturated heterocycles. The van der Waals surface area contributed by atoms with Crippen molar-refractivity contribution in [2.75, 3.05) is 6.54 Å². The van der Waals surface area contributed by atoms with Crippen LogP contribution < -0.4 is 0 Å². The van der Waals surface area contributed by atoms with Crippen LogP contribution in [0.4, 0.5) is 4.39 Å². The van der Waals surface area contributed by atoms with E-state index in [1.54, 1.807) is 23.1 Å². The maximum atomic E-state index is 13.7. The second-order valence-electron chi connectivity index (χ2n) is 7.24. The first-order valence-corrected chi connectivity index (χ1v) is 10.5. The zero-order chi connectivity index (χ0) is 21.8. The van der Waals surface area contributed by atoms with Crippen molar-refractivity contribution in [2.24, 2.45) is 5.16 Å². The molecule has 1 unspecified atom stereocenters. The van der Waals surface area contributed by atoms with Crippen molar-refractivity contribution in [3.63, 3.8) is 0 Å². The van der Waals surface area contributed by atoms with Gasteiger partial charge in [-0.2, -0.15) is 0 Å². The maximum Gasteiger partial charge on any atom is 0.254 e. The molecule has 0 aromatic heterocycles. The number of oxime groups is 1. The van der Waals surface area contributed by atoms with Crippen LogP contribution in [0, 0.1) is 5.82 Å². The highest BCUT2D eigenvalue weighted by molar-refractivity contribution is 6.34. The SMILES string of the molecule is O=C(c1cccc(F)c1)N(Cc1ccccc1Cl)CC1CC(c2ccccc2Cl)=NO1. The second-order valence-corrected chi connectivity index (χ2v) is 8.05. The summed E-state index contributed by atoms with van der Waals surface area (Å²) < 4.78 is 13.7. The van der Waals surface area contributed by atoms with Crippen LogP contribution in [0.15, 0.2) is 78.0 Å². The molecule has 4 nitrogen and oxygen atoms in total. The fraction of sp³-hybridized carbons (Fsp3) is 0.167. The Balaban J connectivity index is 1.54. The van der Waals surface area contributed by atoms with Crippen LogP contribution >= 0.6 is 23.2 Å². The smallest absolute Gasteiger partial charge is 0.254 e. The lowest BCUT2D eigenvalue weighted by molar-refractivity contribution is 0.0405. The Kier molecular flexibility index (Phi) is 6.54. The van der Waals surface area contributed by atoms with Crippen LogP contribution in [0.3, 0.4) is 0 Å². The van der Waals surface area contributed by atoms with Crippen molar-refractivity contribution in [2.45, 2.75) is 19.1 Å². The summed E-state index contributed by atoms with van der Waals surface area (Å²) in [6.07, 6.45) is 0.144. The van der Waals surface area contributed by atoms with E-state index in [1.807, 2.05) is 36.4 Å². The summed E-state index contributed by atoms with van der Waals surface area (Å²) in [5.41, 5.74) is 2.59. The van der Waals surface area contributed by atoms with Gasteiger partial charge in [-0.15, -0.1) is 0 Å². The summed E-state index contributed by atoms with van der Waals surface area (Å²) in [5.74, 6) is -0.779. The van der Waals surface area contributed by atoms with E-state index < -0.39 is 5.82 Å². The Morgan fingerprint density at radius 3 is 2.52 bits per heavy atom. The van der Waals surface area contributed by atoms with Gasteiger partial charge in [-0.05, 0) is 35.9 Å². The number of benzene rings is 3. The summed E-state index contributed by atoms with van der Waals surface area (Å²) in [5, 5.41) is 5.33. The first kappa shape index (κ1) is 21.3. The molecule has 4 rings (SSSR count). The predicted molar refractivity (Wildman–Crippen MR) is 120 cm³/mol. The quantitative estimate of drug-likeness (QED) is 0.458. The van der Waals surface area contributed by atoms with E-state index in [1.165, 1.54) is 18.2 Å². The summed E-state index contributed by atoms with van der Waals surface area (Å²) >= 11 is 12.6. The van der Waals surface area contributed by atoms with Gasteiger partial charge in [0.15, 0.2) is 6.10 Å². The monoisotopic (exact) mass is 456 g/mol. The fourth-order valence-corrected chi connectivity index (χ4v) is 3.92. The van der Waals surface area contributed by atoms with Gasteiger partial charge in [-0.1, -0.05) is 70.8 Å². The molecule has 0 aliphatic carbocycles. The molecule has 1 heterocycles. The van der Waals surface area contributed by atoms with E-state index in [9.17, 15) is 9.18 Å². The van der Waals surface area contributed by atoms with Crippen molar-refractivity contribution >= 4 is 34.8 Å². The van der Waals surface area contributed by atoms with Crippen molar-refractivity contribution in [1.29, 1.82) is 0 Å². The van der Waals surface area contributed by atoms with Gasteiger partial charge in [0.05, 0.1) is 12.3 Å². The molecule has 0 fully saturated rings. The lowest BCUT2D eigenvalue weighted by Gasteiger charge is -2.25. The van der Waals surface area contributed by atoms with E-state index in [0.29, 0.717) is 16.5 Å². The molecule has 3 aromatic rings. The number of carbonyl (C=O) groups excluding carboxylic acids is 1. The zero-order valence-corrected chi connectivity index (χ0v) is 18.0. The molecule has 1 atom stereocenters. The summed E-state index contributed by atoms with van der Waals surface area (Å²) in [4.78, 5) is 20.4. The third-order valence-electron chi connectivity index (χ3n) is 5.02. The van der Waals surface area contributed by atoms with Gasteiger partial charge in [0.2, 0.25) is 0 Å². The van der Waals surface area contributed by atoms with Gasteiger partial charge in [0.1, 0.15) is 5.82 Å². The van der Waals surface area contributed by atoms with Crippen LogP contribution in [-0.2, 0) is 11.4 Å². The average Bonchev–Trinajstić information content (AvgIpc) is 3.23. The first-order valence-electron chi connectivity index (χ1n) is 9.77. The fourth-order valence-electron chi connectivity index (χ4n) is 3.48. The van der Waals surface area contributed by atoms with Crippen molar-refractivity contribution in [3.05, 3.63) is 105 Å². The average molecular weight is 457 g/mol. The van der Waals surface area contributed by atoms with Gasteiger partial charge in [-0.25, -0.2) is 4.39 Å². The maximum absolute atomic E-state index is 13.7. The highest BCUT2D eigenvalue weighted by Gasteiger charge is 2.28. The number of hydrogen-bond donors (Lipinski definition) is 0. The van der Waals surface area contributed by atoms with Crippen LogP contribution in [0.2, 0.25) is 10.0 Å². The number of carbonyl (C=O) groups is 1. The van der Waals surface area contributed by atoms with Crippen LogP contribution in [0.5, 0.6) is 0 Å². The Bertz CT molecular complexity index is 1140. The van der Waals surface area contributed by atoms with Gasteiger partial charge in [0.25, 0.3) is 5.91 Å². The highest BCUT2D eigenvalue weighted by Crippen LogP contribution is 2.25. The Labute approximate surface area is 189 Å². The number of hydrogen-bond acceptors (Lipinski definition) is 3. The van der Waals surface area contributed by atoms with Gasteiger partial charge in [-0.3, -0.25) is 4.79 Å².